The molecular formula is C24H25ClF2N4O4. The maximum Gasteiger partial charge on any atom is 0.350 e. The third-order valence-corrected chi connectivity index (χ3v) is 6.78. The first kappa shape index (κ1) is 24.9. The molecule has 0 saturated carbocycles. The van der Waals surface area contributed by atoms with Crippen LogP contribution in [0.5, 0.6) is 5.75 Å². The second kappa shape index (κ2) is 9.43. The van der Waals surface area contributed by atoms with Crippen LogP contribution in [-0.4, -0.2) is 31.0 Å². The number of benzene rings is 2. The summed E-state index contributed by atoms with van der Waals surface area (Å²) in [4.78, 5) is 26.2. The molecule has 11 heteroatoms. The van der Waals surface area contributed by atoms with E-state index < -0.39 is 35.4 Å². The van der Waals surface area contributed by atoms with E-state index in [1.54, 1.807) is 6.92 Å². The molecule has 1 aliphatic heterocycles. The quantitative estimate of drug-likeness (QED) is 0.500. The van der Waals surface area contributed by atoms with Crippen LogP contribution >= 0.6 is 11.6 Å². The van der Waals surface area contributed by atoms with Crippen LogP contribution in [0, 0.1) is 11.6 Å². The molecule has 186 valence electrons. The molecule has 1 aromatic heterocycles. The molecule has 0 radical (unpaired) electrons. The lowest BCUT2D eigenvalue weighted by atomic mass is 9.90. The van der Waals surface area contributed by atoms with Gasteiger partial charge in [0.05, 0.1) is 16.3 Å². The fourth-order valence-electron chi connectivity index (χ4n) is 4.39. The molecule has 0 bridgehead atoms. The zero-order chi connectivity index (χ0) is 25.5. The molecule has 1 aliphatic rings. The van der Waals surface area contributed by atoms with Crippen molar-refractivity contribution in [2.24, 2.45) is 0 Å². The van der Waals surface area contributed by atoms with Crippen molar-refractivity contribution in [3.05, 3.63) is 68.4 Å². The summed E-state index contributed by atoms with van der Waals surface area (Å²) in [6.45, 7) is 5.25. The molecule has 0 fully saturated rings. The number of para-hydroxylation sites is 1. The van der Waals surface area contributed by atoms with Crippen molar-refractivity contribution >= 4 is 23.2 Å². The molecule has 8 nitrogen and oxygen atoms in total. The van der Waals surface area contributed by atoms with Gasteiger partial charge in [-0.2, -0.15) is 4.68 Å². The van der Waals surface area contributed by atoms with Gasteiger partial charge in [0.15, 0.2) is 5.82 Å². The number of hydrogen-bond acceptors (Lipinski definition) is 5. The predicted octanol–water partition coefficient (Wildman–Crippen LogP) is 4.22. The number of aliphatic hydroxyl groups excluding tert-OH is 1. The predicted molar refractivity (Wildman–Crippen MR) is 126 cm³/mol. The van der Waals surface area contributed by atoms with Crippen molar-refractivity contribution < 1.29 is 23.4 Å². The molecule has 0 atom stereocenters. The lowest BCUT2D eigenvalue weighted by Crippen LogP contribution is -2.32. The fraction of sp³-hybridized carbons (Fsp3) is 0.375. The highest BCUT2D eigenvalue weighted by Crippen LogP contribution is 2.45. The first-order valence-corrected chi connectivity index (χ1v) is 11.7. The SMILES string of the molecule is CCn1c(CO)nn(-c2c(F)cc(C(=O)Nc3c(F)cccc3Cl)c3c2CC(CC)(CC)O3)c1=O. The number of aliphatic hydroxyl groups is 1. The average molecular weight is 507 g/mol. The van der Waals surface area contributed by atoms with E-state index in [9.17, 15) is 19.1 Å². The van der Waals surface area contributed by atoms with Crippen LogP contribution < -0.4 is 15.7 Å². The Labute approximate surface area is 205 Å². The molecule has 2 heterocycles. The van der Waals surface area contributed by atoms with Gasteiger partial charge in [0.1, 0.15) is 35.3 Å². The summed E-state index contributed by atoms with van der Waals surface area (Å²) in [5.41, 5.74) is -1.60. The van der Waals surface area contributed by atoms with Gasteiger partial charge in [0.2, 0.25) is 0 Å². The third kappa shape index (κ3) is 4.10. The summed E-state index contributed by atoms with van der Waals surface area (Å²) >= 11 is 6.04. The van der Waals surface area contributed by atoms with E-state index in [2.05, 4.69) is 10.4 Å². The van der Waals surface area contributed by atoms with Crippen LogP contribution in [0.4, 0.5) is 14.5 Å². The minimum atomic E-state index is -0.882. The molecule has 2 aromatic carbocycles. The Morgan fingerprint density at radius 3 is 2.54 bits per heavy atom. The van der Waals surface area contributed by atoms with Gasteiger partial charge in [-0.25, -0.2) is 13.6 Å². The first-order valence-electron chi connectivity index (χ1n) is 11.3. The van der Waals surface area contributed by atoms with Crippen LogP contribution in [0.15, 0.2) is 29.1 Å². The Balaban J connectivity index is 1.91. The van der Waals surface area contributed by atoms with Gasteiger partial charge in [-0.05, 0) is 38.0 Å². The smallest absolute Gasteiger partial charge is 0.350 e. The summed E-state index contributed by atoms with van der Waals surface area (Å²) in [5, 5.41) is 16.1. The van der Waals surface area contributed by atoms with Gasteiger partial charge in [0, 0.05) is 18.5 Å². The number of amides is 1. The summed E-state index contributed by atoms with van der Waals surface area (Å²) in [7, 11) is 0. The molecule has 0 saturated heterocycles. The molecular weight excluding hydrogens is 482 g/mol. The van der Waals surface area contributed by atoms with Crippen LogP contribution in [0.3, 0.4) is 0 Å². The maximum absolute atomic E-state index is 15.6. The number of aromatic nitrogens is 3. The van der Waals surface area contributed by atoms with Gasteiger partial charge in [0.25, 0.3) is 5.91 Å². The van der Waals surface area contributed by atoms with Crippen molar-refractivity contribution in [2.75, 3.05) is 5.32 Å². The number of carbonyl (C=O) groups is 1. The standard InChI is InChI=1S/C24H25ClF2N4O4/c1-4-24(5-2)11-14-20(31-23(34)30(6-3)18(12-32)29-31)17(27)10-13(21(14)35-24)22(33)28-19-15(25)8-7-9-16(19)26/h7-10,32H,4-6,11-12H2,1-3H3,(H,28,33). The molecule has 3 aromatic rings. The maximum atomic E-state index is 15.6. The van der Waals surface area contributed by atoms with Crippen molar-refractivity contribution in [1.29, 1.82) is 0 Å². The lowest BCUT2D eigenvalue weighted by molar-refractivity contribution is 0.0830. The molecule has 2 N–H and O–H groups in total. The highest BCUT2D eigenvalue weighted by atomic mass is 35.5. The summed E-state index contributed by atoms with van der Waals surface area (Å²) < 4.78 is 38.3. The van der Waals surface area contributed by atoms with Crippen LogP contribution in [-0.2, 0) is 19.6 Å². The minimum Gasteiger partial charge on any atom is -0.486 e. The normalized spacial score (nSPS) is 14.0. The Hall–Kier alpha value is -3.24. The van der Waals surface area contributed by atoms with E-state index in [1.165, 1.54) is 16.7 Å². The number of hydrogen-bond donors (Lipinski definition) is 2. The molecule has 4 rings (SSSR count). The Morgan fingerprint density at radius 1 is 1.26 bits per heavy atom. The minimum absolute atomic E-state index is 0.0161. The number of fused-ring (bicyclic) bond motifs is 1. The van der Waals surface area contributed by atoms with Gasteiger partial charge in [-0.3, -0.25) is 9.36 Å². The number of halogens is 3. The highest BCUT2D eigenvalue weighted by Gasteiger charge is 2.42. The third-order valence-electron chi connectivity index (χ3n) is 6.46. The number of carbonyl (C=O) groups excluding carboxylic acids is 1. The molecule has 0 aliphatic carbocycles. The van der Waals surface area contributed by atoms with Gasteiger partial charge in [-0.15, -0.1) is 5.10 Å². The van der Waals surface area contributed by atoms with Gasteiger partial charge >= 0.3 is 5.69 Å². The van der Waals surface area contributed by atoms with E-state index in [0.29, 0.717) is 18.4 Å². The Kier molecular flexibility index (Phi) is 6.70. The molecule has 1 amide bonds. The van der Waals surface area contributed by atoms with E-state index in [-0.39, 0.29) is 46.5 Å². The average Bonchev–Trinajstić information content (AvgIpc) is 3.39. The van der Waals surface area contributed by atoms with E-state index >= 15 is 4.39 Å². The van der Waals surface area contributed by atoms with Crippen LogP contribution in [0.25, 0.3) is 5.69 Å². The van der Waals surface area contributed by atoms with Crippen molar-refractivity contribution in [2.45, 2.75) is 58.8 Å². The Morgan fingerprint density at radius 2 is 1.97 bits per heavy atom. The fourth-order valence-corrected chi connectivity index (χ4v) is 4.60. The van der Waals surface area contributed by atoms with Gasteiger partial charge in [-0.1, -0.05) is 31.5 Å². The second-order valence-corrected chi connectivity index (χ2v) is 8.70. The monoisotopic (exact) mass is 506 g/mol. The van der Waals surface area contributed by atoms with E-state index in [1.807, 2.05) is 13.8 Å². The lowest BCUT2D eigenvalue weighted by Gasteiger charge is -2.26. The largest absolute Gasteiger partial charge is 0.486 e. The topological polar surface area (TPSA) is 98.4 Å². The summed E-state index contributed by atoms with van der Waals surface area (Å²) in [6, 6.07) is 4.89. The van der Waals surface area contributed by atoms with Crippen molar-refractivity contribution in [3.8, 4) is 11.4 Å². The van der Waals surface area contributed by atoms with Gasteiger partial charge < -0.3 is 15.2 Å². The van der Waals surface area contributed by atoms with Crippen molar-refractivity contribution in [3.63, 3.8) is 0 Å². The molecule has 0 spiro atoms. The number of nitrogens with zero attached hydrogens (tertiary/aromatic N) is 3. The molecule has 0 unspecified atom stereocenters. The highest BCUT2D eigenvalue weighted by molar-refractivity contribution is 6.34. The Bertz CT molecular complexity index is 1340. The summed E-state index contributed by atoms with van der Waals surface area (Å²) in [5.74, 6) is -2.27. The van der Waals surface area contributed by atoms with Crippen LogP contribution in [0.1, 0.15) is 55.4 Å². The number of nitrogens with one attached hydrogen (secondary N) is 1. The van der Waals surface area contributed by atoms with E-state index in [4.69, 9.17) is 16.3 Å². The van der Waals surface area contributed by atoms with E-state index in [0.717, 1.165) is 16.8 Å². The molecule has 35 heavy (non-hydrogen) atoms. The number of rotatable bonds is 7. The zero-order valence-corrected chi connectivity index (χ0v) is 20.2. The van der Waals surface area contributed by atoms with Crippen LogP contribution in [0.2, 0.25) is 5.02 Å². The number of anilines is 1. The summed E-state index contributed by atoms with van der Waals surface area (Å²) in [6.07, 6.45) is 1.34. The van der Waals surface area contributed by atoms with Crippen molar-refractivity contribution in [1.82, 2.24) is 14.3 Å². The second-order valence-electron chi connectivity index (χ2n) is 8.29. The zero-order valence-electron chi connectivity index (χ0n) is 19.5. The number of ether oxygens (including phenoxy) is 1. The first-order chi connectivity index (χ1) is 16.7.